The molecule has 33 heavy (non-hydrogen) atoms. The summed E-state index contributed by atoms with van der Waals surface area (Å²) in [5.41, 5.74) is 2.81. The number of carbonyl (C=O) groups excluding carboxylic acids is 2. The first-order chi connectivity index (χ1) is 16.0. The molecule has 0 saturated heterocycles. The number of hydrogen-bond donors (Lipinski definition) is 4. The molecule has 0 bridgehead atoms. The average Bonchev–Trinajstić information content (AvgIpc) is 3.36. The summed E-state index contributed by atoms with van der Waals surface area (Å²) in [6.45, 7) is 0.288. The standard InChI is InChI=1S/C23H25N5O5/c1-33-20-13-15(14-24-21(29)7-2-3-8-22(30)31)9-10-18(20)27-23(32)19-6-4-5-16(26-19)17-11-12-25-28-17/h4-6,9-13H,2-3,7-8,14H2,1H3,(H,24,29)(H,25,28)(H,27,32)(H,30,31). The van der Waals surface area contributed by atoms with Crippen LogP contribution in [0, 0.1) is 0 Å². The highest BCUT2D eigenvalue weighted by Crippen LogP contribution is 2.26. The summed E-state index contributed by atoms with van der Waals surface area (Å²) < 4.78 is 5.40. The van der Waals surface area contributed by atoms with E-state index in [0.29, 0.717) is 35.7 Å². The van der Waals surface area contributed by atoms with Crippen molar-refractivity contribution in [2.75, 3.05) is 12.4 Å². The third-order valence-corrected chi connectivity index (χ3v) is 4.81. The molecule has 0 atom stereocenters. The van der Waals surface area contributed by atoms with Gasteiger partial charge in [-0.2, -0.15) is 5.10 Å². The average molecular weight is 451 g/mol. The number of ether oxygens (including phenoxy) is 1. The van der Waals surface area contributed by atoms with Crippen LogP contribution in [-0.2, 0) is 16.1 Å². The van der Waals surface area contributed by atoms with Gasteiger partial charge >= 0.3 is 5.97 Å². The first-order valence-electron chi connectivity index (χ1n) is 10.4. The Kier molecular flexibility index (Phi) is 8.12. The van der Waals surface area contributed by atoms with Crippen molar-refractivity contribution in [2.45, 2.75) is 32.2 Å². The van der Waals surface area contributed by atoms with E-state index in [4.69, 9.17) is 9.84 Å². The number of hydrogen-bond acceptors (Lipinski definition) is 6. The Balaban J connectivity index is 1.58. The second-order valence-corrected chi connectivity index (χ2v) is 7.24. The summed E-state index contributed by atoms with van der Waals surface area (Å²) in [6.07, 6.45) is 2.91. The number of carbonyl (C=O) groups is 3. The van der Waals surface area contributed by atoms with Crippen LogP contribution in [0.3, 0.4) is 0 Å². The zero-order chi connectivity index (χ0) is 23.6. The summed E-state index contributed by atoms with van der Waals surface area (Å²) in [4.78, 5) is 39.5. The second-order valence-electron chi connectivity index (χ2n) is 7.24. The van der Waals surface area contributed by atoms with E-state index in [-0.39, 0.29) is 31.0 Å². The van der Waals surface area contributed by atoms with Gasteiger partial charge < -0.3 is 20.5 Å². The fourth-order valence-electron chi connectivity index (χ4n) is 3.10. The summed E-state index contributed by atoms with van der Waals surface area (Å²) in [5.74, 6) is -0.964. The van der Waals surface area contributed by atoms with E-state index in [1.54, 1.807) is 48.7 Å². The van der Waals surface area contributed by atoms with Gasteiger partial charge in [0.05, 0.1) is 24.2 Å². The van der Waals surface area contributed by atoms with Crippen molar-refractivity contribution < 1.29 is 24.2 Å². The van der Waals surface area contributed by atoms with Gasteiger partial charge in [-0.1, -0.05) is 12.1 Å². The van der Waals surface area contributed by atoms with Gasteiger partial charge in [0.15, 0.2) is 0 Å². The maximum atomic E-state index is 12.7. The molecular formula is C23H25N5O5. The summed E-state index contributed by atoms with van der Waals surface area (Å²) in [6, 6.07) is 12.1. The first-order valence-corrected chi connectivity index (χ1v) is 10.4. The van der Waals surface area contributed by atoms with E-state index in [1.807, 2.05) is 0 Å². The molecule has 3 rings (SSSR count). The van der Waals surface area contributed by atoms with Crippen LogP contribution in [0.25, 0.3) is 11.4 Å². The number of rotatable bonds is 11. The molecule has 1 aromatic carbocycles. The van der Waals surface area contributed by atoms with E-state index in [0.717, 1.165) is 5.56 Å². The molecule has 4 N–H and O–H groups in total. The Morgan fingerprint density at radius 3 is 2.64 bits per heavy atom. The lowest BCUT2D eigenvalue weighted by atomic mass is 10.1. The Bertz CT molecular complexity index is 1110. The predicted octanol–water partition coefficient (Wildman–Crippen LogP) is 2.99. The maximum absolute atomic E-state index is 12.7. The van der Waals surface area contributed by atoms with E-state index in [2.05, 4.69) is 25.8 Å². The SMILES string of the molecule is COc1cc(CNC(=O)CCCCC(=O)O)ccc1NC(=O)c1cccc(-c2ccn[nH]2)n1. The van der Waals surface area contributed by atoms with Gasteiger partial charge in [0, 0.05) is 25.6 Å². The van der Waals surface area contributed by atoms with Crippen molar-refractivity contribution in [1.82, 2.24) is 20.5 Å². The molecule has 0 aliphatic rings. The van der Waals surface area contributed by atoms with Gasteiger partial charge in [0.2, 0.25) is 5.91 Å². The molecule has 0 spiro atoms. The zero-order valence-electron chi connectivity index (χ0n) is 18.1. The second kappa shape index (κ2) is 11.4. The number of anilines is 1. The van der Waals surface area contributed by atoms with Crippen LogP contribution in [0.5, 0.6) is 5.75 Å². The number of H-pyrrole nitrogens is 1. The van der Waals surface area contributed by atoms with E-state index in [9.17, 15) is 14.4 Å². The van der Waals surface area contributed by atoms with Crippen molar-refractivity contribution in [2.24, 2.45) is 0 Å². The molecule has 10 heteroatoms. The summed E-state index contributed by atoms with van der Waals surface area (Å²) in [7, 11) is 1.49. The number of unbranched alkanes of at least 4 members (excludes halogenated alkanes) is 1. The number of nitrogens with zero attached hydrogens (tertiary/aromatic N) is 2. The number of benzene rings is 1. The van der Waals surface area contributed by atoms with E-state index in [1.165, 1.54) is 7.11 Å². The topological polar surface area (TPSA) is 146 Å². The summed E-state index contributed by atoms with van der Waals surface area (Å²) in [5, 5.41) is 20.9. The monoisotopic (exact) mass is 451 g/mol. The number of aromatic nitrogens is 3. The quantitative estimate of drug-likeness (QED) is 0.328. The van der Waals surface area contributed by atoms with Gasteiger partial charge in [-0.25, -0.2) is 4.98 Å². The molecule has 2 heterocycles. The highest BCUT2D eigenvalue weighted by molar-refractivity contribution is 6.04. The molecule has 0 unspecified atom stereocenters. The van der Waals surface area contributed by atoms with Crippen molar-refractivity contribution in [3.05, 3.63) is 59.9 Å². The smallest absolute Gasteiger partial charge is 0.303 e. The molecule has 2 aromatic heterocycles. The minimum atomic E-state index is -0.865. The molecular weight excluding hydrogens is 426 g/mol. The Labute approximate surface area is 190 Å². The minimum Gasteiger partial charge on any atom is -0.495 e. The molecule has 0 saturated carbocycles. The Morgan fingerprint density at radius 2 is 1.91 bits per heavy atom. The lowest BCUT2D eigenvalue weighted by Gasteiger charge is -2.13. The normalized spacial score (nSPS) is 10.5. The van der Waals surface area contributed by atoms with Crippen LogP contribution in [0.1, 0.15) is 41.7 Å². The maximum Gasteiger partial charge on any atom is 0.303 e. The fraction of sp³-hybridized carbons (Fsp3) is 0.261. The molecule has 172 valence electrons. The highest BCUT2D eigenvalue weighted by atomic mass is 16.5. The minimum absolute atomic E-state index is 0.0562. The fourth-order valence-corrected chi connectivity index (χ4v) is 3.10. The zero-order valence-corrected chi connectivity index (χ0v) is 18.1. The van der Waals surface area contributed by atoms with Crippen LogP contribution in [0.2, 0.25) is 0 Å². The lowest BCUT2D eigenvalue weighted by molar-refractivity contribution is -0.137. The van der Waals surface area contributed by atoms with E-state index < -0.39 is 11.9 Å². The van der Waals surface area contributed by atoms with Crippen LogP contribution in [0.4, 0.5) is 5.69 Å². The third-order valence-electron chi connectivity index (χ3n) is 4.81. The molecule has 0 radical (unpaired) electrons. The first kappa shape index (κ1) is 23.5. The van der Waals surface area contributed by atoms with Crippen LogP contribution in [-0.4, -0.2) is 45.2 Å². The lowest BCUT2D eigenvalue weighted by Crippen LogP contribution is -2.22. The molecule has 0 aliphatic heterocycles. The number of methoxy groups -OCH3 is 1. The van der Waals surface area contributed by atoms with Gasteiger partial charge in [0.1, 0.15) is 11.4 Å². The van der Waals surface area contributed by atoms with Gasteiger partial charge in [-0.15, -0.1) is 0 Å². The van der Waals surface area contributed by atoms with Crippen molar-refractivity contribution in [3.8, 4) is 17.1 Å². The number of amides is 2. The van der Waals surface area contributed by atoms with Crippen molar-refractivity contribution in [3.63, 3.8) is 0 Å². The Morgan fingerprint density at radius 1 is 1.09 bits per heavy atom. The largest absolute Gasteiger partial charge is 0.495 e. The molecule has 0 fully saturated rings. The van der Waals surface area contributed by atoms with E-state index >= 15 is 0 Å². The van der Waals surface area contributed by atoms with Crippen LogP contribution < -0.4 is 15.4 Å². The van der Waals surface area contributed by atoms with Gasteiger partial charge in [0.25, 0.3) is 5.91 Å². The molecule has 10 nitrogen and oxygen atoms in total. The van der Waals surface area contributed by atoms with Crippen LogP contribution >= 0.6 is 0 Å². The number of nitrogens with one attached hydrogen (secondary N) is 3. The Hall–Kier alpha value is -4.21. The number of aliphatic carboxylic acids is 1. The number of carboxylic acid groups (broad SMARTS) is 1. The number of carboxylic acids is 1. The number of aromatic amines is 1. The molecule has 2 amide bonds. The van der Waals surface area contributed by atoms with Crippen molar-refractivity contribution >= 4 is 23.5 Å². The highest BCUT2D eigenvalue weighted by Gasteiger charge is 2.13. The van der Waals surface area contributed by atoms with Crippen LogP contribution in [0.15, 0.2) is 48.7 Å². The van der Waals surface area contributed by atoms with Gasteiger partial charge in [-0.05, 0) is 48.7 Å². The number of pyridine rings is 1. The summed E-state index contributed by atoms with van der Waals surface area (Å²) >= 11 is 0. The molecule has 0 aliphatic carbocycles. The third kappa shape index (κ3) is 6.89. The molecule has 3 aromatic rings. The predicted molar refractivity (Wildman–Crippen MR) is 121 cm³/mol. The van der Waals surface area contributed by atoms with Crippen molar-refractivity contribution in [1.29, 1.82) is 0 Å². The van der Waals surface area contributed by atoms with Gasteiger partial charge in [-0.3, -0.25) is 19.5 Å².